The maximum absolute atomic E-state index is 13.0. The molecular formula is C12H7ClFN3O3. The Labute approximate surface area is 117 Å². The van der Waals surface area contributed by atoms with Crippen molar-refractivity contribution in [1.29, 1.82) is 0 Å². The van der Waals surface area contributed by atoms with Crippen LogP contribution in [0.1, 0.15) is 10.4 Å². The SMILES string of the molecule is O=C(Nc1cccc(F)c1)c1cc(Cl)ncc1[N+](=O)[O-]. The van der Waals surface area contributed by atoms with Gasteiger partial charge in [-0.3, -0.25) is 14.9 Å². The third-order valence-electron chi connectivity index (χ3n) is 2.37. The van der Waals surface area contributed by atoms with E-state index in [9.17, 15) is 19.3 Å². The fraction of sp³-hybridized carbons (Fsp3) is 0. The van der Waals surface area contributed by atoms with Crippen molar-refractivity contribution < 1.29 is 14.1 Å². The van der Waals surface area contributed by atoms with Crippen molar-refractivity contribution in [1.82, 2.24) is 4.98 Å². The van der Waals surface area contributed by atoms with E-state index in [1.807, 2.05) is 0 Å². The number of carbonyl (C=O) groups is 1. The first-order valence-corrected chi connectivity index (χ1v) is 5.72. The molecule has 0 saturated carbocycles. The maximum atomic E-state index is 13.0. The van der Waals surface area contributed by atoms with Crippen LogP contribution in [0.4, 0.5) is 15.8 Å². The van der Waals surface area contributed by atoms with Gasteiger partial charge in [-0.05, 0) is 24.3 Å². The Morgan fingerprint density at radius 1 is 1.40 bits per heavy atom. The molecule has 0 unspecified atom stereocenters. The van der Waals surface area contributed by atoms with Crippen molar-refractivity contribution in [3.8, 4) is 0 Å². The summed E-state index contributed by atoms with van der Waals surface area (Å²) in [5, 5.41) is 13.1. The van der Waals surface area contributed by atoms with Gasteiger partial charge in [0.15, 0.2) is 0 Å². The Morgan fingerprint density at radius 3 is 2.80 bits per heavy atom. The van der Waals surface area contributed by atoms with Crippen LogP contribution in [0.15, 0.2) is 36.5 Å². The number of benzene rings is 1. The fourth-order valence-electron chi connectivity index (χ4n) is 1.51. The maximum Gasteiger partial charge on any atom is 0.300 e. The van der Waals surface area contributed by atoms with E-state index in [2.05, 4.69) is 10.3 Å². The number of amides is 1. The first kappa shape index (κ1) is 13.9. The summed E-state index contributed by atoms with van der Waals surface area (Å²) in [6.45, 7) is 0. The average molecular weight is 296 g/mol. The number of anilines is 1. The highest BCUT2D eigenvalue weighted by Crippen LogP contribution is 2.21. The lowest BCUT2D eigenvalue weighted by Gasteiger charge is -2.06. The van der Waals surface area contributed by atoms with Crippen LogP contribution in [0.3, 0.4) is 0 Å². The van der Waals surface area contributed by atoms with Crippen molar-refractivity contribution in [3.05, 3.63) is 63.2 Å². The normalized spacial score (nSPS) is 10.1. The van der Waals surface area contributed by atoms with Crippen molar-refractivity contribution in [2.45, 2.75) is 0 Å². The summed E-state index contributed by atoms with van der Waals surface area (Å²) in [5.74, 6) is -1.31. The van der Waals surface area contributed by atoms with Gasteiger partial charge in [0.25, 0.3) is 11.6 Å². The first-order chi connectivity index (χ1) is 9.47. The van der Waals surface area contributed by atoms with Gasteiger partial charge in [-0.1, -0.05) is 17.7 Å². The van der Waals surface area contributed by atoms with Gasteiger partial charge in [0.1, 0.15) is 22.7 Å². The minimum Gasteiger partial charge on any atom is -0.322 e. The molecule has 0 bridgehead atoms. The van der Waals surface area contributed by atoms with Gasteiger partial charge < -0.3 is 5.32 Å². The van der Waals surface area contributed by atoms with E-state index < -0.39 is 22.3 Å². The molecule has 0 fully saturated rings. The third kappa shape index (κ3) is 3.07. The summed E-state index contributed by atoms with van der Waals surface area (Å²) >= 11 is 5.62. The average Bonchev–Trinajstić information content (AvgIpc) is 2.38. The lowest BCUT2D eigenvalue weighted by Crippen LogP contribution is -2.14. The van der Waals surface area contributed by atoms with Gasteiger partial charge in [-0.15, -0.1) is 0 Å². The number of pyridine rings is 1. The molecule has 6 nitrogen and oxygen atoms in total. The van der Waals surface area contributed by atoms with Gasteiger partial charge in [-0.25, -0.2) is 9.37 Å². The molecule has 0 radical (unpaired) electrons. The minimum atomic E-state index is -0.772. The monoisotopic (exact) mass is 295 g/mol. The molecular weight excluding hydrogens is 289 g/mol. The molecule has 0 spiro atoms. The Bertz CT molecular complexity index is 693. The molecule has 1 heterocycles. The molecule has 0 aliphatic carbocycles. The summed E-state index contributed by atoms with van der Waals surface area (Å²) in [5.41, 5.74) is -0.556. The lowest BCUT2D eigenvalue weighted by molar-refractivity contribution is -0.385. The molecule has 0 saturated heterocycles. The van der Waals surface area contributed by atoms with E-state index in [0.29, 0.717) is 0 Å². The second-order valence-electron chi connectivity index (χ2n) is 3.75. The molecule has 0 aliphatic heterocycles. The summed E-state index contributed by atoms with van der Waals surface area (Å²) < 4.78 is 13.0. The standard InChI is InChI=1S/C12H7ClFN3O3/c13-11-5-9(10(6-15-11)17(19)20)12(18)16-8-3-1-2-7(14)4-8/h1-6H,(H,16,18). The Hall–Kier alpha value is -2.54. The summed E-state index contributed by atoms with van der Waals surface area (Å²) in [4.78, 5) is 25.6. The molecule has 1 aromatic heterocycles. The largest absolute Gasteiger partial charge is 0.322 e. The highest BCUT2D eigenvalue weighted by atomic mass is 35.5. The second-order valence-corrected chi connectivity index (χ2v) is 4.13. The van der Waals surface area contributed by atoms with Gasteiger partial charge in [0, 0.05) is 5.69 Å². The number of carbonyl (C=O) groups excluding carboxylic acids is 1. The molecule has 1 aromatic carbocycles. The molecule has 2 rings (SSSR count). The smallest absolute Gasteiger partial charge is 0.300 e. The van der Waals surface area contributed by atoms with Gasteiger partial charge >= 0.3 is 0 Å². The molecule has 8 heteroatoms. The number of halogens is 2. The Kier molecular flexibility index (Phi) is 3.90. The highest BCUT2D eigenvalue weighted by molar-refractivity contribution is 6.30. The number of nitro groups is 1. The van der Waals surface area contributed by atoms with Crippen molar-refractivity contribution >= 4 is 28.9 Å². The topological polar surface area (TPSA) is 85.1 Å². The Morgan fingerprint density at radius 2 is 2.15 bits per heavy atom. The van der Waals surface area contributed by atoms with Crippen molar-refractivity contribution in [2.24, 2.45) is 0 Å². The molecule has 2 aromatic rings. The second kappa shape index (κ2) is 5.62. The number of hydrogen-bond donors (Lipinski definition) is 1. The summed E-state index contributed by atoms with van der Waals surface area (Å²) in [6, 6.07) is 6.23. The Balaban J connectivity index is 2.34. The zero-order chi connectivity index (χ0) is 14.7. The zero-order valence-corrected chi connectivity index (χ0v) is 10.6. The van der Waals surface area contributed by atoms with Crippen LogP contribution in [-0.2, 0) is 0 Å². The van der Waals surface area contributed by atoms with Gasteiger partial charge in [-0.2, -0.15) is 0 Å². The molecule has 1 N–H and O–H groups in total. The fourth-order valence-corrected chi connectivity index (χ4v) is 1.67. The molecule has 1 amide bonds. The quantitative estimate of drug-likeness (QED) is 0.536. The predicted octanol–water partition coefficient (Wildman–Crippen LogP) is 3.03. The predicted molar refractivity (Wildman–Crippen MR) is 70.3 cm³/mol. The summed E-state index contributed by atoms with van der Waals surface area (Å²) in [7, 11) is 0. The van der Waals surface area contributed by atoms with E-state index >= 15 is 0 Å². The van der Waals surface area contributed by atoms with Crippen LogP contribution < -0.4 is 5.32 Å². The number of aromatic nitrogens is 1. The van der Waals surface area contributed by atoms with Crippen LogP contribution in [-0.4, -0.2) is 15.8 Å². The highest BCUT2D eigenvalue weighted by Gasteiger charge is 2.21. The molecule has 0 aliphatic rings. The van der Waals surface area contributed by atoms with Gasteiger partial charge in [0.05, 0.1) is 4.92 Å². The number of rotatable bonds is 3. The van der Waals surface area contributed by atoms with E-state index in [-0.39, 0.29) is 16.4 Å². The zero-order valence-electron chi connectivity index (χ0n) is 9.84. The third-order valence-corrected chi connectivity index (χ3v) is 2.58. The molecule has 20 heavy (non-hydrogen) atoms. The number of nitrogens with one attached hydrogen (secondary N) is 1. The van der Waals surface area contributed by atoms with Crippen LogP contribution in [0.5, 0.6) is 0 Å². The summed E-state index contributed by atoms with van der Waals surface area (Å²) in [6.07, 6.45) is 0.892. The molecule has 102 valence electrons. The van der Waals surface area contributed by atoms with E-state index in [4.69, 9.17) is 11.6 Å². The minimum absolute atomic E-state index is 0.0556. The van der Waals surface area contributed by atoms with Crippen LogP contribution >= 0.6 is 11.6 Å². The molecule has 0 atom stereocenters. The van der Waals surface area contributed by atoms with Crippen LogP contribution in [0.2, 0.25) is 5.15 Å². The number of nitrogens with zero attached hydrogens (tertiary/aromatic N) is 2. The van der Waals surface area contributed by atoms with Crippen molar-refractivity contribution in [3.63, 3.8) is 0 Å². The van der Waals surface area contributed by atoms with Crippen LogP contribution in [0.25, 0.3) is 0 Å². The first-order valence-electron chi connectivity index (χ1n) is 5.34. The van der Waals surface area contributed by atoms with Gasteiger partial charge in [0.2, 0.25) is 0 Å². The number of hydrogen-bond acceptors (Lipinski definition) is 4. The van der Waals surface area contributed by atoms with E-state index in [0.717, 1.165) is 18.3 Å². The lowest BCUT2D eigenvalue weighted by atomic mass is 10.2. The van der Waals surface area contributed by atoms with Crippen LogP contribution in [0, 0.1) is 15.9 Å². The van der Waals surface area contributed by atoms with E-state index in [1.165, 1.54) is 18.2 Å². The van der Waals surface area contributed by atoms with Crippen molar-refractivity contribution in [2.75, 3.05) is 5.32 Å². The van der Waals surface area contributed by atoms with E-state index in [1.54, 1.807) is 0 Å².